The van der Waals surface area contributed by atoms with Crippen molar-refractivity contribution in [2.75, 3.05) is 24.0 Å². The van der Waals surface area contributed by atoms with Gasteiger partial charge in [-0.05, 0) is 30.5 Å². The molecule has 1 amide bonds. The van der Waals surface area contributed by atoms with Gasteiger partial charge in [-0.1, -0.05) is 6.07 Å². The number of carbonyl (C=O) groups is 1. The minimum atomic E-state index is -0.0224. The van der Waals surface area contributed by atoms with Crippen LogP contribution in [0.2, 0.25) is 0 Å². The van der Waals surface area contributed by atoms with Gasteiger partial charge in [0.2, 0.25) is 12.7 Å². The monoisotopic (exact) mass is 314 g/mol. The average Bonchev–Trinajstić information content (AvgIpc) is 3.20. The van der Waals surface area contributed by atoms with Crippen LogP contribution in [0.25, 0.3) is 0 Å². The third-order valence-corrected chi connectivity index (χ3v) is 4.03. The zero-order valence-electron chi connectivity index (χ0n) is 12.7. The lowest BCUT2D eigenvalue weighted by Crippen LogP contribution is -2.19. The molecule has 0 unspecified atom stereocenters. The van der Waals surface area contributed by atoms with Crippen LogP contribution in [0.1, 0.15) is 18.4 Å². The number of fused-ring (bicyclic) bond motifs is 2. The minimum Gasteiger partial charge on any atom is -0.454 e. The lowest BCUT2D eigenvalue weighted by atomic mass is 10.1. The molecule has 1 aromatic heterocycles. The number of nitrogens with one attached hydrogen (secondary N) is 2. The van der Waals surface area contributed by atoms with E-state index in [1.807, 2.05) is 22.9 Å². The molecule has 0 saturated carbocycles. The summed E-state index contributed by atoms with van der Waals surface area (Å²) in [6.07, 6.45) is 3.81. The van der Waals surface area contributed by atoms with Crippen molar-refractivity contribution in [3.8, 4) is 11.5 Å². The second-order valence-electron chi connectivity index (χ2n) is 5.65. The summed E-state index contributed by atoms with van der Waals surface area (Å²) in [7, 11) is 0. The van der Waals surface area contributed by atoms with Crippen LogP contribution in [0.3, 0.4) is 0 Å². The van der Waals surface area contributed by atoms with Gasteiger partial charge in [-0.3, -0.25) is 4.79 Å². The Morgan fingerprint density at radius 1 is 1.35 bits per heavy atom. The minimum absolute atomic E-state index is 0.0224. The summed E-state index contributed by atoms with van der Waals surface area (Å²) in [4.78, 5) is 12.2. The van der Waals surface area contributed by atoms with Gasteiger partial charge in [-0.15, -0.1) is 0 Å². The molecule has 0 atom stereocenters. The highest BCUT2D eigenvalue weighted by Crippen LogP contribution is 2.32. The Bertz CT molecular complexity index is 741. The first-order valence-corrected chi connectivity index (χ1v) is 7.78. The van der Waals surface area contributed by atoms with Crippen molar-refractivity contribution in [1.82, 2.24) is 9.78 Å². The molecule has 0 bridgehead atoms. The summed E-state index contributed by atoms with van der Waals surface area (Å²) in [6, 6.07) is 5.77. The molecular formula is C16H18N4O3. The Hall–Kier alpha value is -2.70. The smallest absolute Gasteiger partial charge is 0.231 e. The fourth-order valence-electron chi connectivity index (χ4n) is 2.84. The van der Waals surface area contributed by atoms with Crippen LogP contribution in [-0.4, -0.2) is 29.0 Å². The summed E-state index contributed by atoms with van der Waals surface area (Å²) in [5.74, 6) is 2.38. The normalized spacial score (nSPS) is 15.0. The molecule has 0 saturated heterocycles. The van der Waals surface area contributed by atoms with Gasteiger partial charge in [-0.25, -0.2) is 4.68 Å². The van der Waals surface area contributed by atoms with E-state index >= 15 is 0 Å². The molecule has 0 radical (unpaired) electrons. The molecule has 23 heavy (non-hydrogen) atoms. The van der Waals surface area contributed by atoms with E-state index in [0.29, 0.717) is 12.8 Å². The average molecular weight is 314 g/mol. The highest BCUT2D eigenvalue weighted by Gasteiger charge is 2.17. The Morgan fingerprint density at radius 3 is 3.22 bits per heavy atom. The third kappa shape index (κ3) is 2.81. The largest absolute Gasteiger partial charge is 0.454 e. The number of aryl methyl sites for hydroxylation is 2. The molecule has 0 spiro atoms. The number of hydrogen-bond acceptors (Lipinski definition) is 5. The number of rotatable bonds is 4. The first-order chi connectivity index (χ1) is 11.3. The van der Waals surface area contributed by atoms with Gasteiger partial charge in [0.25, 0.3) is 0 Å². The Labute approximate surface area is 133 Å². The van der Waals surface area contributed by atoms with Crippen LogP contribution in [0.15, 0.2) is 24.4 Å². The Balaban J connectivity index is 1.36. The van der Waals surface area contributed by atoms with Gasteiger partial charge in [-0.2, -0.15) is 5.10 Å². The van der Waals surface area contributed by atoms with E-state index in [9.17, 15) is 4.79 Å². The summed E-state index contributed by atoms with van der Waals surface area (Å²) in [6.45, 7) is 2.06. The predicted molar refractivity (Wildman–Crippen MR) is 84.8 cm³/mol. The zero-order chi connectivity index (χ0) is 15.6. The molecule has 7 nitrogen and oxygen atoms in total. The molecule has 2 aliphatic heterocycles. The second kappa shape index (κ2) is 5.83. The number of aromatic nitrogens is 2. The Kier molecular flexibility index (Phi) is 3.53. The number of benzene rings is 1. The molecule has 4 rings (SSSR count). The SMILES string of the molecule is O=C(CCc1ccc2c(c1)OCO2)Nc1cnn2c1NCCC2. The lowest BCUT2D eigenvalue weighted by Gasteiger charge is -2.17. The number of ether oxygens (including phenoxy) is 2. The lowest BCUT2D eigenvalue weighted by molar-refractivity contribution is -0.116. The molecule has 120 valence electrons. The topological polar surface area (TPSA) is 77.4 Å². The van der Waals surface area contributed by atoms with E-state index in [4.69, 9.17) is 9.47 Å². The van der Waals surface area contributed by atoms with Crippen LogP contribution in [0.4, 0.5) is 11.5 Å². The summed E-state index contributed by atoms with van der Waals surface area (Å²) >= 11 is 0. The summed E-state index contributed by atoms with van der Waals surface area (Å²) in [5.41, 5.74) is 1.81. The van der Waals surface area contributed by atoms with Crippen molar-refractivity contribution in [3.63, 3.8) is 0 Å². The van der Waals surface area contributed by atoms with Gasteiger partial charge >= 0.3 is 0 Å². The van der Waals surface area contributed by atoms with E-state index in [-0.39, 0.29) is 12.7 Å². The van der Waals surface area contributed by atoms with E-state index in [1.165, 1.54) is 0 Å². The van der Waals surface area contributed by atoms with Crippen molar-refractivity contribution < 1.29 is 14.3 Å². The number of carbonyl (C=O) groups excluding carboxylic acids is 1. The fourth-order valence-corrected chi connectivity index (χ4v) is 2.84. The first-order valence-electron chi connectivity index (χ1n) is 7.78. The predicted octanol–water partition coefficient (Wildman–Crippen LogP) is 2.00. The molecule has 2 aromatic rings. The van der Waals surface area contributed by atoms with Crippen LogP contribution in [0.5, 0.6) is 11.5 Å². The Morgan fingerprint density at radius 2 is 2.26 bits per heavy atom. The summed E-state index contributed by atoms with van der Waals surface area (Å²) in [5, 5.41) is 10.5. The van der Waals surface area contributed by atoms with E-state index in [2.05, 4.69) is 15.7 Å². The zero-order valence-corrected chi connectivity index (χ0v) is 12.7. The quantitative estimate of drug-likeness (QED) is 0.902. The third-order valence-electron chi connectivity index (χ3n) is 4.03. The maximum absolute atomic E-state index is 12.2. The number of amides is 1. The van der Waals surface area contributed by atoms with Crippen LogP contribution in [-0.2, 0) is 17.8 Å². The van der Waals surface area contributed by atoms with Gasteiger partial charge in [0, 0.05) is 19.5 Å². The van der Waals surface area contributed by atoms with Gasteiger partial charge < -0.3 is 20.1 Å². The standard InChI is InChI=1S/C16H18N4O3/c21-15(19-12-9-18-20-7-1-6-17-16(12)20)5-3-11-2-4-13-14(8-11)23-10-22-13/h2,4,8-9,17H,1,3,5-7,10H2,(H,19,21). The van der Waals surface area contributed by atoms with Gasteiger partial charge in [0.05, 0.1) is 6.20 Å². The fraction of sp³-hybridized carbons (Fsp3) is 0.375. The second-order valence-corrected chi connectivity index (χ2v) is 5.65. The van der Waals surface area contributed by atoms with Crippen molar-refractivity contribution in [3.05, 3.63) is 30.0 Å². The molecule has 1 aromatic carbocycles. The van der Waals surface area contributed by atoms with Crippen molar-refractivity contribution in [2.24, 2.45) is 0 Å². The van der Waals surface area contributed by atoms with E-state index in [0.717, 1.165) is 48.1 Å². The maximum Gasteiger partial charge on any atom is 0.231 e. The van der Waals surface area contributed by atoms with Crippen LogP contribution >= 0.6 is 0 Å². The van der Waals surface area contributed by atoms with Gasteiger partial charge in [0.15, 0.2) is 11.5 Å². The molecule has 0 fully saturated rings. The maximum atomic E-state index is 12.2. The molecule has 7 heteroatoms. The number of hydrogen-bond donors (Lipinski definition) is 2. The highest BCUT2D eigenvalue weighted by molar-refractivity contribution is 5.93. The highest BCUT2D eigenvalue weighted by atomic mass is 16.7. The number of nitrogens with zero attached hydrogens (tertiary/aromatic N) is 2. The van der Waals surface area contributed by atoms with E-state index in [1.54, 1.807) is 6.20 Å². The first kappa shape index (κ1) is 13.9. The van der Waals surface area contributed by atoms with Crippen molar-refractivity contribution in [1.29, 1.82) is 0 Å². The van der Waals surface area contributed by atoms with E-state index < -0.39 is 0 Å². The van der Waals surface area contributed by atoms with Crippen LogP contribution in [0, 0.1) is 0 Å². The summed E-state index contributed by atoms with van der Waals surface area (Å²) < 4.78 is 12.5. The molecular weight excluding hydrogens is 296 g/mol. The van der Waals surface area contributed by atoms with Gasteiger partial charge in [0.1, 0.15) is 11.5 Å². The number of anilines is 2. The molecule has 2 N–H and O–H groups in total. The van der Waals surface area contributed by atoms with Crippen molar-refractivity contribution in [2.45, 2.75) is 25.8 Å². The molecule has 0 aliphatic carbocycles. The molecule has 3 heterocycles. The molecule has 2 aliphatic rings. The van der Waals surface area contributed by atoms with Crippen LogP contribution < -0.4 is 20.1 Å². The van der Waals surface area contributed by atoms with Crippen molar-refractivity contribution >= 4 is 17.4 Å².